The topological polar surface area (TPSA) is 55.1 Å². The second kappa shape index (κ2) is 6.05. The summed E-state index contributed by atoms with van der Waals surface area (Å²) in [6.07, 6.45) is 0. The highest BCUT2D eigenvalue weighted by atomic mass is 79.9. The molecule has 0 aromatic heterocycles. The van der Waals surface area contributed by atoms with Crippen LogP contribution in [0.4, 0.5) is 10.1 Å². The number of primary amides is 1. The van der Waals surface area contributed by atoms with E-state index in [4.69, 9.17) is 5.73 Å². The van der Waals surface area contributed by atoms with Crippen LogP contribution in [0.2, 0.25) is 0 Å². The number of aryl methyl sites for hydroxylation is 1. The van der Waals surface area contributed by atoms with Crippen molar-refractivity contribution in [1.29, 1.82) is 0 Å². The van der Waals surface area contributed by atoms with Crippen LogP contribution in [0.1, 0.15) is 21.5 Å². The standard InChI is InChI=1S/C15H14BrFN2O/c1-9-6-10(15(18)20)2-3-11(9)8-19-12-4-5-14(17)13(16)7-12/h2-7,19H,8H2,1H3,(H2,18,20). The molecule has 2 aromatic carbocycles. The van der Waals surface area contributed by atoms with Crippen molar-refractivity contribution in [3.05, 3.63) is 63.4 Å². The van der Waals surface area contributed by atoms with Gasteiger partial charge in [-0.2, -0.15) is 0 Å². The molecular weight excluding hydrogens is 323 g/mol. The number of nitrogens with two attached hydrogens (primary N) is 1. The minimum Gasteiger partial charge on any atom is -0.381 e. The van der Waals surface area contributed by atoms with E-state index in [0.29, 0.717) is 16.6 Å². The Hall–Kier alpha value is -1.88. The molecule has 0 aliphatic heterocycles. The number of benzene rings is 2. The molecule has 0 atom stereocenters. The lowest BCUT2D eigenvalue weighted by Gasteiger charge is -2.10. The molecule has 0 fully saturated rings. The lowest BCUT2D eigenvalue weighted by molar-refractivity contribution is 0.1000. The number of hydrogen-bond donors (Lipinski definition) is 2. The number of hydrogen-bond acceptors (Lipinski definition) is 2. The van der Waals surface area contributed by atoms with Crippen molar-refractivity contribution in [1.82, 2.24) is 0 Å². The largest absolute Gasteiger partial charge is 0.381 e. The Kier molecular flexibility index (Phi) is 4.39. The fourth-order valence-corrected chi connectivity index (χ4v) is 2.23. The van der Waals surface area contributed by atoms with E-state index in [1.165, 1.54) is 6.07 Å². The minimum absolute atomic E-state index is 0.294. The Morgan fingerprint density at radius 1 is 1.30 bits per heavy atom. The molecule has 0 aliphatic carbocycles. The number of rotatable bonds is 4. The van der Waals surface area contributed by atoms with Crippen LogP contribution in [-0.4, -0.2) is 5.91 Å². The van der Waals surface area contributed by atoms with Gasteiger partial charge in [0.15, 0.2) is 0 Å². The van der Waals surface area contributed by atoms with Gasteiger partial charge < -0.3 is 11.1 Å². The number of carbonyl (C=O) groups excluding carboxylic acids is 1. The molecule has 0 saturated heterocycles. The van der Waals surface area contributed by atoms with Gasteiger partial charge in [0.25, 0.3) is 0 Å². The van der Waals surface area contributed by atoms with E-state index in [0.717, 1.165) is 16.8 Å². The van der Waals surface area contributed by atoms with Crippen LogP contribution >= 0.6 is 15.9 Å². The smallest absolute Gasteiger partial charge is 0.248 e. The Morgan fingerprint density at radius 2 is 2.05 bits per heavy atom. The summed E-state index contributed by atoms with van der Waals surface area (Å²) in [5.74, 6) is -0.729. The predicted molar refractivity (Wildman–Crippen MR) is 81.1 cm³/mol. The first kappa shape index (κ1) is 14.5. The number of amides is 1. The molecule has 2 aromatic rings. The van der Waals surface area contributed by atoms with E-state index in [-0.39, 0.29) is 5.82 Å². The highest BCUT2D eigenvalue weighted by Gasteiger charge is 2.05. The van der Waals surface area contributed by atoms with Crippen LogP contribution in [0.3, 0.4) is 0 Å². The summed E-state index contributed by atoms with van der Waals surface area (Å²) < 4.78 is 13.5. The zero-order chi connectivity index (χ0) is 14.7. The molecule has 1 amide bonds. The fourth-order valence-electron chi connectivity index (χ4n) is 1.85. The van der Waals surface area contributed by atoms with E-state index >= 15 is 0 Å². The molecule has 3 N–H and O–H groups in total. The van der Waals surface area contributed by atoms with Crippen LogP contribution < -0.4 is 11.1 Å². The molecule has 0 unspecified atom stereocenters. The van der Waals surface area contributed by atoms with Crippen molar-refractivity contribution in [2.45, 2.75) is 13.5 Å². The second-order valence-corrected chi connectivity index (χ2v) is 5.34. The van der Waals surface area contributed by atoms with Gasteiger partial charge in [0.2, 0.25) is 5.91 Å². The van der Waals surface area contributed by atoms with Gasteiger partial charge in [0, 0.05) is 17.8 Å². The SMILES string of the molecule is Cc1cc(C(N)=O)ccc1CNc1ccc(F)c(Br)c1. The predicted octanol–water partition coefficient (Wildman–Crippen LogP) is 3.61. The third kappa shape index (κ3) is 3.36. The first-order chi connectivity index (χ1) is 9.47. The van der Waals surface area contributed by atoms with Gasteiger partial charge in [-0.3, -0.25) is 4.79 Å². The van der Waals surface area contributed by atoms with Crippen molar-refractivity contribution < 1.29 is 9.18 Å². The number of anilines is 1. The van der Waals surface area contributed by atoms with Gasteiger partial charge in [-0.25, -0.2) is 4.39 Å². The van der Waals surface area contributed by atoms with Crippen molar-refractivity contribution >= 4 is 27.5 Å². The normalized spacial score (nSPS) is 10.3. The highest BCUT2D eigenvalue weighted by Crippen LogP contribution is 2.21. The Balaban J connectivity index is 2.10. The van der Waals surface area contributed by atoms with Crippen LogP contribution in [0, 0.1) is 12.7 Å². The van der Waals surface area contributed by atoms with E-state index in [1.807, 2.05) is 13.0 Å². The van der Waals surface area contributed by atoms with Crippen molar-refractivity contribution in [2.24, 2.45) is 5.73 Å². The molecule has 0 radical (unpaired) electrons. The second-order valence-electron chi connectivity index (χ2n) is 4.49. The van der Waals surface area contributed by atoms with E-state index in [2.05, 4.69) is 21.2 Å². The molecule has 5 heteroatoms. The molecule has 0 saturated carbocycles. The maximum absolute atomic E-state index is 13.1. The van der Waals surface area contributed by atoms with Crippen LogP contribution in [0.25, 0.3) is 0 Å². The summed E-state index contributed by atoms with van der Waals surface area (Å²) in [6, 6.07) is 10.1. The molecule has 0 spiro atoms. The summed E-state index contributed by atoms with van der Waals surface area (Å²) in [4.78, 5) is 11.1. The summed E-state index contributed by atoms with van der Waals surface area (Å²) in [6.45, 7) is 2.51. The summed E-state index contributed by atoms with van der Waals surface area (Å²) >= 11 is 3.15. The van der Waals surface area contributed by atoms with Crippen LogP contribution in [-0.2, 0) is 6.54 Å². The zero-order valence-corrected chi connectivity index (χ0v) is 12.5. The van der Waals surface area contributed by atoms with Gasteiger partial charge in [-0.15, -0.1) is 0 Å². The Morgan fingerprint density at radius 3 is 2.65 bits per heavy atom. The van der Waals surface area contributed by atoms with E-state index in [9.17, 15) is 9.18 Å². The molecule has 3 nitrogen and oxygen atoms in total. The highest BCUT2D eigenvalue weighted by molar-refractivity contribution is 9.10. The summed E-state index contributed by atoms with van der Waals surface area (Å²) in [5.41, 5.74) is 8.58. The molecule has 104 valence electrons. The van der Waals surface area contributed by atoms with Crippen LogP contribution in [0.5, 0.6) is 0 Å². The maximum atomic E-state index is 13.1. The van der Waals surface area contributed by atoms with Crippen molar-refractivity contribution in [3.63, 3.8) is 0 Å². The van der Waals surface area contributed by atoms with Crippen LogP contribution in [0.15, 0.2) is 40.9 Å². The van der Waals surface area contributed by atoms with Gasteiger partial charge >= 0.3 is 0 Å². The number of nitrogens with one attached hydrogen (secondary N) is 1. The monoisotopic (exact) mass is 336 g/mol. The van der Waals surface area contributed by atoms with Crippen molar-refractivity contribution in [3.8, 4) is 0 Å². The summed E-state index contributed by atoms with van der Waals surface area (Å²) in [5, 5.41) is 3.21. The fraction of sp³-hybridized carbons (Fsp3) is 0.133. The lowest BCUT2D eigenvalue weighted by atomic mass is 10.0. The van der Waals surface area contributed by atoms with Gasteiger partial charge in [-0.05, 0) is 64.3 Å². The van der Waals surface area contributed by atoms with Gasteiger partial charge in [-0.1, -0.05) is 6.07 Å². The third-order valence-electron chi connectivity index (χ3n) is 3.03. The third-order valence-corrected chi connectivity index (χ3v) is 3.64. The lowest BCUT2D eigenvalue weighted by Crippen LogP contribution is -2.11. The van der Waals surface area contributed by atoms with E-state index in [1.54, 1.807) is 24.3 Å². The van der Waals surface area contributed by atoms with Gasteiger partial charge in [0.1, 0.15) is 5.82 Å². The first-order valence-corrected chi connectivity index (χ1v) is 6.85. The van der Waals surface area contributed by atoms with Gasteiger partial charge in [0.05, 0.1) is 4.47 Å². The van der Waals surface area contributed by atoms with E-state index < -0.39 is 5.91 Å². The number of halogens is 2. The number of carbonyl (C=O) groups is 1. The van der Waals surface area contributed by atoms with Crippen molar-refractivity contribution in [2.75, 3.05) is 5.32 Å². The quantitative estimate of drug-likeness (QED) is 0.896. The Labute approximate surface area is 125 Å². The molecular formula is C15H14BrFN2O. The average Bonchev–Trinajstić information content (AvgIpc) is 2.41. The zero-order valence-electron chi connectivity index (χ0n) is 10.9. The molecule has 0 bridgehead atoms. The molecule has 0 heterocycles. The summed E-state index contributed by atoms with van der Waals surface area (Å²) in [7, 11) is 0. The Bertz CT molecular complexity index is 658. The average molecular weight is 337 g/mol. The first-order valence-electron chi connectivity index (χ1n) is 6.05. The molecule has 20 heavy (non-hydrogen) atoms. The maximum Gasteiger partial charge on any atom is 0.248 e. The molecule has 2 rings (SSSR count). The molecule has 0 aliphatic rings. The minimum atomic E-state index is -0.435.